The minimum absolute atomic E-state index is 0.181. The van der Waals surface area contributed by atoms with Crippen molar-refractivity contribution in [1.29, 1.82) is 0 Å². The molecule has 0 aromatic carbocycles. The van der Waals surface area contributed by atoms with Crippen LogP contribution >= 0.6 is 0 Å². The summed E-state index contributed by atoms with van der Waals surface area (Å²) in [5.74, 6) is 0.535. The third kappa shape index (κ3) is 13.6. The van der Waals surface area contributed by atoms with Crippen molar-refractivity contribution in [3.05, 3.63) is 0 Å². The number of nitrogens with zero attached hydrogens (tertiary/aromatic N) is 2. The first-order chi connectivity index (χ1) is 16.8. The standard InChI is InChI=1S/C27H50N2O6/c1-5-25(30)32-19-21-34-27(2,3)35-22-20-33-26(31)13-18-29-16-11-24(12-17-29)8-6-7-23-9-14-28(4)15-10-23/h23-24H,5-22H2,1-4H3. The van der Waals surface area contributed by atoms with Gasteiger partial charge in [-0.2, -0.15) is 0 Å². The molecule has 0 spiro atoms. The molecule has 0 aliphatic carbocycles. The molecule has 0 aromatic heterocycles. The predicted octanol–water partition coefficient (Wildman–Crippen LogP) is 3.87. The van der Waals surface area contributed by atoms with E-state index in [0.717, 1.165) is 31.5 Å². The summed E-state index contributed by atoms with van der Waals surface area (Å²) in [6.07, 6.45) is 10.2. The highest BCUT2D eigenvalue weighted by molar-refractivity contribution is 5.69. The number of esters is 2. The fourth-order valence-corrected chi connectivity index (χ4v) is 4.90. The predicted molar refractivity (Wildman–Crippen MR) is 136 cm³/mol. The summed E-state index contributed by atoms with van der Waals surface area (Å²) >= 11 is 0. The molecule has 8 nitrogen and oxygen atoms in total. The Bertz CT molecular complexity index is 598. The highest BCUT2D eigenvalue weighted by Crippen LogP contribution is 2.27. The van der Waals surface area contributed by atoms with Crippen molar-refractivity contribution >= 4 is 11.9 Å². The lowest BCUT2D eigenvalue weighted by atomic mass is 9.87. The van der Waals surface area contributed by atoms with Crippen LogP contribution in [0.2, 0.25) is 0 Å². The zero-order valence-corrected chi connectivity index (χ0v) is 22.7. The SMILES string of the molecule is CCC(=O)OCCOC(C)(C)OCCOC(=O)CCN1CCC(CCCC2CCN(C)CC2)CC1. The Kier molecular flexibility index (Phi) is 14.2. The van der Waals surface area contributed by atoms with Gasteiger partial charge in [-0.05, 0) is 84.6 Å². The fraction of sp³-hybridized carbons (Fsp3) is 0.926. The van der Waals surface area contributed by atoms with E-state index < -0.39 is 5.79 Å². The van der Waals surface area contributed by atoms with Gasteiger partial charge in [-0.25, -0.2) is 0 Å². The molecule has 204 valence electrons. The molecule has 0 amide bonds. The Morgan fingerprint density at radius 1 is 0.800 bits per heavy atom. The van der Waals surface area contributed by atoms with Gasteiger partial charge in [0.05, 0.1) is 19.6 Å². The number of likely N-dealkylation sites (tertiary alicyclic amines) is 2. The van der Waals surface area contributed by atoms with Gasteiger partial charge < -0.3 is 28.7 Å². The topological polar surface area (TPSA) is 77.5 Å². The van der Waals surface area contributed by atoms with Crippen LogP contribution in [0.5, 0.6) is 0 Å². The van der Waals surface area contributed by atoms with Gasteiger partial charge in [0, 0.05) is 13.0 Å². The Morgan fingerprint density at radius 3 is 1.86 bits per heavy atom. The second-order valence-electron chi connectivity index (χ2n) is 10.6. The molecule has 0 bridgehead atoms. The minimum atomic E-state index is -0.831. The van der Waals surface area contributed by atoms with Gasteiger partial charge in [-0.3, -0.25) is 9.59 Å². The van der Waals surface area contributed by atoms with Crippen LogP contribution in [0.25, 0.3) is 0 Å². The van der Waals surface area contributed by atoms with Crippen LogP contribution in [0.1, 0.15) is 78.6 Å². The Hall–Kier alpha value is -1.22. The Morgan fingerprint density at radius 2 is 1.31 bits per heavy atom. The van der Waals surface area contributed by atoms with Crippen LogP contribution < -0.4 is 0 Å². The highest BCUT2D eigenvalue weighted by Gasteiger charge is 2.22. The van der Waals surface area contributed by atoms with E-state index in [1.54, 1.807) is 20.8 Å². The second-order valence-corrected chi connectivity index (χ2v) is 10.6. The van der Waals surface area contributed by atoms with Crippen molar-refractivity contribution in [2.75, 3.05) is 66.2 Å². The van der Waals surface area contributed by atoms with Gasteiger partial charge in [0.2, 0.25) is 0 Å². The summed E-state index contributed by atoms with van der Waals surface area (Å²) in [6, 6.07) is 0. The smallest absolute Gasteiger partial charge is 0.307 e. The average molecular weight is 499 g/mol. The largest absolute Gasteiger partial charge is 0.463 e. The van der Waals surface area contributed by atoms with Crippen LogP contribution in [0.15, 0.2) is 0 Å². The minimum Gasteiger partial charge on any atom is -0.463 e. The molecule has 0 unspecified atom stereocenters. The third-order valence-corrected chi connectivity index (χ3v) is 7.28. The molecular weight excluding hydrogens is 448 g/mol. The molecule has 0 radical (unpaired) electrons. The molecule has 2 aliphatic heterocycles. The lowest BCUT2D eigenvalue weighted by Gasteiger charge is -2.32. The first-order valence-electron chi connectivity index (χ1n) is 13.8. The van der Waals surface area contributed by atoms with Gasteiger partial charge in [-0.15, -0.1) is 0 Å². The number of carbonyl (C=O) groups is 2. The van der Waals surface area contributed by atoms with Crippen LogP contribution in [-0.2, 0) is 28.5 Å². The van der Waals surface area contributed by atoms with E-state index in [1.807, 2.05) is 0 Å². The molecule has 2 rings (SSSR count). The van der Waals surface area contributed by atoms with E-state index in [4.69, 9.17) is 18.9 Å². The maximum atomic E-state index is 12.1. The number of ether oxygens (including phenoxy) is 4. The quantitative estimate of drug-likeness (QED) is 0.180. The van der Waals surface area contributed by atoms with E-state index in [-0.39, 0.29) is 38.4 Å². The van der Waals surface area contributed by atoms with E-state index in [1.165, 1.54) is 58.0 Å². The van der Waals surface area contributed by atoms with Crippen LogP contribution in [0.4, 0.5) is 0 Å². The fourth-order valence-electron chi connectivity index (χ4n) is 4.90. The number of carbonyl (C=O) groups excluding carboxylic acids is 2. The van der Waals surface area contributed by atoms with Crippen molar-refractivity contribution in [2.24, 2.45) is 11.8 Å². The number of hydrogen-bond acceptors (Lipinski definition) is 8. The molecule has 0 saturated carbocycles. The monoisotopic (exact) mass is 498 g/mol. The van der Waals surface area contributed by atoms with E-state index in [0.29, 0.717) is 12.8 Å². The molecule has 2 aliphatic rings. The lowest BCUT2D eigenvalue weighted by molar-refractivity contribution is -0.223. The van der Waals surface area contributed by atoms with Crippen molar-refractivity contribution < 1.29 is 28.5 Å². The number of rotatable bonds is 16. The first kappa shape index (κ1) is 30.0. The van der Waals surface area contributed by atoms with Crippen LogP contribution in [0.3, 0.4) is 0 Å². The molecule has 2 saturated heterocycles. The summed E-state index contributed by atoms with van der Waals surface area (Å²) in [4.78, 5) is 28.1. The molecule has 2 fully saturated rings. The lowest BCUT2D eigenvalue weighted by Crippen LogP contribution is -2.35. The van der Waals surface area contributed by atoms with Gasteiger partial charge >= 0.3 is 11.9 Å². The Labute approximate surface area is 213 Å². The molecule has 0 atom stereocenters. The zero-order chi connectivity index (χ0) is 25.5. The zero-order valence-electron chi connectivity index (χ0n) is 22.7. The van der Waals surface area contributed by atoms with Gasteiger partial charge in [0.25, 0.3) is 0 Å². The normalized spacial score (nSPS) is 19.1. The van der Waals surface area contributed by atoms with Crippen molar-refractivity contribution in [3.63, 3.8) is 0 Å². The second kappa shape index (κ2) is 16.5. The van der Waals surface area contributed by atoms with Crippen molar-refractivity contribution in [1.82, 2.24) is 9.80 Å². The van der Waals surface area contributed by atoms with Crippen LogP contribution in [-0.4, -0.2) is 93.7 Å². The molecule has 8 heteroatoms. The van der Waals surface area contributed by atoms with Gasteiger partial charge in [-0.1, -0.05) is 26.2 Å². The molecule has 0 N–H and O–H groups in total. The van der Waals surface area contributed by atoms with Crippen LogP contribution in [0, 0.1) is 11.8 Å². The van der Waals surface area contributed by atoms with Gasteiger partial charge in [0.15, 0.2) is 5.79 Å². The van der Waals surface area contributed by atoms with E-state index in [9.17, 15) is 9.59 Å². The maximum Gasteiger partial charge on any atom is 0.307 e. The highest BCUT2D eigenvalue weighted by atomic mass is 16.7. The summed E-state index contributed by atoms with van der Waals surface area (Å²) in [6.45, 7) is 11.7. The van der Waals surface area contributed by atoms with E-state index >= 15 is 0 Å². The molecule has 0 aromatic rings. The average Bonchev–Trinajstić information content (AvgIpc) is 2.85. The summed E-state index contributed by atoms with van der Waals surface area (Å²) in [5.41, 5.74) is 0. The molecule has 2 heterocycles. The summed E-state index contributed by atoms with van der Waals surface area (Å²) in [7, 11) is 2.23. The molecule has 35 heavy (non-hydrogen) atoms. The number of hydrogen-bond donors (Lipinski definition) is 0. The van der Waals surface area contributed by atoms with Crippen molar-refractivity contribution in [2.45, 2.75) is 84.3 Å². The van der Waals surface area contributed by atoms with E-state index in [2.05, 4.69) is 16.8 Å². The van der Waals surface area contributed by atoms with Crippen molar-refractivity contribution in [3.8, 4) is 0 Å². The first-order valence-corrected chi connectivity index (χ1v) is 13.8. The third-order valence-electron chi connectivity index (χ3n) is 7.28. The number of piperidine rings is 2. The Balaban J connectivity index is 1.44. The maximum absolute atomic E-state index is 12.1. The summed E-state index contributed by atoms with van der Waals surface area (Å²) < 4.78 is 21.5. The molecular formula is C27H50N2O6. The summed E-state index contributed by atoms with van der Waals surface area (Å²) in [5, 5.41) is 0. The van der Waals surface area contributed by atoms with Gasteiger partial charge in [0.1, 0.15) is 13.2 Å².